The van der Waals surface area contributed by atoms with Crippen molar-refractivity contribution in [3.05, 3.63) is 30.1 Å². The zero-order chi connectivity index (χ0) is 15.3. The van der Waals surface area contributed by atoms with Crippen LogP contribution in [-0.4, -0.2) is 36.3 Å². The largest absolute Gasteiger partial charge is 0.481 e. The van der Waals surface area contributed by atoms with Crippen molar-refractivity contribution in [3.63, 3.8) is 0 Å². The summed E-state index contributed by atoms with van der Waals surface area (Å²) in [5.74, 6) is -1.27. The first-order valence-corrected chi connectivity index (χ1v) is 8.73. The summed E-state index contributed by atoms with van der Waals surface area (Å²) in [7, 11) is -3.39. The van der Waals surface area contributed by atoms with Crippen LogP contribution in [0.15, 0.2) is 24.5 Å². The Morgan fingerprint density at radius 3 is 2.71 bits per heavy atom. The second-order valence-corrected chi connectivity index (χ2v) is 7.31. The lowest BCUT2D eigenvalue weighted by molar-refractivity contribution is -0.143. The Labute approximate surface area is 124 Å². The number of rotatable bonds is 6. The number of hydrogen-bond donors (Lipinski definition) is 2. The monoisotopic (exact) mass is 312 g/mol. The fourth-order valence-electron chi connectivity index (χ4n) is 2.64. The fraction of sp³-hybridized carbons (Fsp3) is 0.571. The molecule has 0 saturated heterocycles. The van der Waals surface area contributed by atoms with E-state index >= 15 is 0 Å². The Bertz CT molecular complexity index is 574. The van der Waals surface area contributed by atoms with Crippen molar-refractivity contribution < 1.29 is 18.3 Å². The van der Waals surface area contributed by atoms with Gasteiger partial charge in [-0.3, -0.25) is 9.78 Å². The van der Waals surface area contributed by atoms with Gasteiger partial charge in [0.1, 0.15) is 0 Å². The van der Waals surface area contributed by atoms with Crippen molar-refractivity contribution in [2.24, 2.45) is 5.92 Å². The summed E-state index contributed by atoms with van der Waals surface area (Å²) >= 11 is 0. The van der Waals surface area contributed by atoms with Gasteiger partial charge in [0.15, 0.2) is 0 Å². The molecule has 1 heterocycles. The number of nitrogens with zero attached hydrogens (tertiary/aromatic N) is 1. The zero-order valence-electron chi connectivity index (χ0n) is 11.7. The van der Waals surface area contributed by atoms with Crippen LogP contribution in [0.25, 0.3) is 0 Å². The quantitative estimate of drug-likeness (QED) is 0.822. The van der Waals surface area contributed by atoms with E-state index in [2.05, 4.69) is 9.71 Å². The normalized spacial score (nSPS) is 22.9. The van der Waals surface area contributed by atoms with Gasteiger partial charge in [-0.1, -0.05) is 6.42 Å². The maximum atomic E-state index is 12.1. The number of aliphatic carboxylic acids is 1. The van der Waals surface area contributed by atoms with Gasteiger partial charge in [-0.05, 0) is 43.4 Å². The van der Waals surface area contributed by atoms with E-state index in [9.17, 15) is 13.2 Å². The van der Waals surface area contributed by atoms with Crippen LogP contribution in [0.3, 0.4) is 0 Å². The molecule has 2 atom stereocenters. The van der Waals surface area contributed by atoms with Crippen LogP contribution in [0.2, 0.25) is 0 Å². The minimum absolute atomic E-state index is 0.00521. The second-order valence-electron chi connectivity index (χ2n) is 5.44. The minimum atomic E-state index is -3.39. The van der Waals surface area contributed by atoms with Gasteiger partial charge in [-0.25, -0.2) is 13.1 Å². The molecule has 2 N–H and O–H groups in total. The van der Waals surface area contributed by atoms with E-state index in [0.717, 1.165) is 12.0 Å². The third-order valence-corrected chi connectivity index (χ3v) is 5.21. The van der Waals surface area contributed by atoms with Crippen LogP contribution in [0.1, 0.15) is 31.2 Å². The van der Waals surface area contributed by atoms with Crippen molar-refractivity contribution in [1.82, 2.24) is 9.71 Å². The molecule has 6 nitrogen and oxygen atoms in total. The van der Waals surface area contributed by atoms with Gasteiger partial charge in [0, 0.05) is 18.4 Å². The van der Waals surface area contributed by atoms with E-state index in [1.807, 2.05) is 0 Å². The van der Waals surface area contributed by atoms with Crippen molar-refractivity contribution in [1.29, 1.82) is 0 Å². The number of hydrogen-bond acceptors (Lipinski definition) is 4. The van der Waals surface area contributed by atoms with Crippen LogP contribution in [0, 0.1) is 5.92 Å². The Morgan fingerprint density at radius 2 is 2.05 bits per heavy atom. The molecule has 1 fully saturated rings. The standard InChI is InChI=1S/C14H20N2O4S/c17-14(18)12-2-1-3-13(10-12)16-21(19,20)9-6-11-4-7-15-8-5-11/h4-5,7-8,12-13,16H,1-3,6,9-10H2,(H,17,18). The van der Waals surface area contributed by atoms with Crippen molar-refractivity contribution in [2.75, 3.05) is 5.75 Å². The third-order valence-electron chi connectivity index (χ3n) is 3.78. The minimum Gasteiger partial charge on any atom is -0.481 e. The first-order chi connectivity index (χ1) is 9.96. The summed E-state index contributed by atoms with van der Waals surface area (Å²) in [6, 6.07) is 3.31. The fourth-order valence-corrected chi connectivity index (χ4v) is 3.98. The average molecular weight is 312 g/mol. The Kier molecular flexibility index (Phi) is 5.30. The molecule has 1 aliphatic rings. The number of carbonyl (C=O) groups is 1. The van der Waals surface area contributed by atoms with Crippen molar-refractivity contribution in [3.8, 4) is 0 Å². The second kappa shape index (κ2) is 7.00. The molecule has 1 aromatic rings. The summed E-state index contributed by atoms with van der Waals surface area (Å²) < 4.78 is 26.8. The van der Waals surface area contributed by atoms with E-state index < -0.39 is 21.9 Å². The molecule has 0 aromatic carbocycles. The molecule has 1 aliphatic carbocycles. The topological polar surface area (TPSA) is 96.4 Å². The Morgan fingerprint density at radius 1 is 1.33 bits per heavy atom. The van der Waals surface area contributed by atoms with Gasteiger partial charge in [0.25, 0.3) is 0 Å². The van der Waals surface area contributed by atoms with Gasteiger partial charge < -0.3 is 5.11 Å². The summed E-state index contributed by atoms with van der Waals surface area (Å²) in [5.41, 5.74) is 0.919. The highest BCUT2D eigenvalue weighted by Gasteiger charge is 2.29. The molecule has 0 spiro atoms. The lowest BCUT2D eigenvalue weighted by atomic mass is 9.86. The molecule has 116 valence electrons. The number of sulfonamides is 1. The molecule has 21 heavy (non-hydrogen) atoms. The zero-order valence-corrected chi connectivity index (χ0v) is 12.6. The van der Waals surface area contributed by atoms with Crippen LogP contribution in [0.4, 0.5) is 0 Å². The third kappa shape index (κ3) is 5.09. The summed E-state index contributed by atoms with van der Waals surface area (Å²) in [6.07, 6.45) is 6.15. The first-order valence-electron chi connectivity index (χ1n) is 7.08. The van der Waals surface area contributed by atoms with E-state index in [-0.39, 0.29) is 11.8 Å². The van der Waals surface area contributed by atoms with E-state index in [1.165, 1.54) is 0 Å². The highest BCUT2D eigenvalue weighted by molar-refractivity contribution is 7.89. The predicted molar refractivity (Wildman–Crippen MR) is 78.2 cm³/mol. The van der Waals surface area contributed by atoms with Gasteiger partial charge in [0.2, 0.25) is 10.0 Å². The molecule has 0 amide bonds. The number of carboxylic acids is 1. The van der Waals surface area contributed by atoms with Crippen LogP contribution >= 0.6 is 0 Å². The maximum absolute atomic E-state index is 12.1. The van der Waals surface area contributed by atoms with Gasteiger partial charge >= 0.3 is 5.97 Å². The molecule has 0 radical (unpaired) electrons. The molecular weight excluding hydrogens is 292 g/mol. The van der Waals surface area contributed by atoms with Gasteiger partial charge in [-0.15, -0.1) is 0 Å². The molecule has 2 rings (SSSR count). The van der Waals surface area contributed by atoms with Gasteiger partial charge in [-0.2, -0.15) is 0 Å². The molecule has 1 aromatic heterocycles. The molecule has 1 saturated carbocycles. The average Bonchev–Trinajstić information content (AvgIpc) is 2.46. The van der Waals surface area contributed by atoms with E-state index in [4.69, 9.17) is 5.11 Å². The lowest BCUT2D eigenvalue weighted by Crippen LogP contribution is -2.41. The molecule has 0 bridgehead atoms. The number of aromatic nitrogens is 1. The predicted octanol–water partition coefficient (Wildman–Crippen LogP) is 1.19. The Hall–Kier alpha value is -1.47. The van der Waals surface area contributed by atoms with Crippen LogP contribution < -0.4 is 4.72 Å². The first kappa shape index (κ1) is 15.9. The summed E-state index contributed by atoms with van der Waals surface area (Å²) in [5, 5.41) is 9.02. The number of aryl methyl sites for hydroxylation is 1. The molecule has 7 heteroatoms. The van der Waals surface area contributed by atoms with Crippen molar-refractivity contribution >= 4 is 16.0 Å². The molecule has 0 aliphatic heterocycles. The number of nitrogens with one attached hydrogen (secondary N) is 1. The number of carboxylic acid groups (broad SMARTS) is 1. The highest BCUT2D eigenvalue weighted by Crippen LogP contribution is 2.24. The molecule has 2 unspecified atom stereocenters. The highest BCUT2D eigenvalue weighted by atomic mass is 32.2. The van der Waals surface area contributed by atoms with Crippen LogP contribution in [0.5, 0.6) is 0 Å². The Balaban J connectivity index is 1.87. The lowest BCUT2D eigenvalue weighted by Gasteiger charge is -2.27. The number of pyridine rings is 1. The van der Waals surface area contributed by atoms with E-state index in [0.29, 0.717) is 25.7 Å². The smallest absolute Gasteiger partial charge is 0.306 e. The van der Waals surface area contributed by atoms with Crippen molar-refractivity contribution in [2.45, 2.75) is 38.1 Å². The SMILES string of the molecule is O=C(O)C1CCCC(NS(=O)(=O)CCc2ccncc2)C1. The van der Waals surface area contributed by atoms with Gasteiger partial charge in [0.05, 0.1) is 11.7 Å². The maximum Gasteiger partial charge on any atom is 0.306 e. The summed E-state index contributed by atoms with van der Waals surface area (Å²) in [4.78, 5) is 14.9. The van der Waals surface area contributed by atoms with E-state index in [1.54, 1.807) is 24.5 Å². The van der Waals surface area contributed by atoms with Crippen LogP contribution in [-0.2, 0) is 21.2 Å². The molecular formula is C14H20N2O4S. The summed E-state index contributed by atoms with van der Waals surface area (Å²) in [6.45, 7) is 0.